The first kappa shape index (κ1) is 12.7. The third-order valence-corrected chi connectivity index (χ3v) is 4.76. The SMILES string of the molecule is CC(O)C(C)SCc1cc(-c2cccs2)on1. The summed E-state index contributed by atoms with van der Waals surface area (Å²) in [5.41, 5.74) is 0.922. The molecule has 2 aromatic rings. The smallest absolute Gasteiger partial charge is 0.177 e. The van der Waals surface area contributed by atoms with Gasteiger partial charge in [0.2, 0.25) is 0 Å². The van der Waals surface area contributed by atoms with E-state index in [1.165, 1.54) is 0 Å². The van der Waals surface area contributed by atoms with Gasteiger partial charge in [0.1, 0.15) is 0 Å². The second kappa shape index (κ2) is 5.71. The molecule has 0 bridgehead atoms. The molecule has 0 fully saturated rings. The third-order valence-electron chi connectivity index (χ3n) is 2.50. The summed E-state index contributed by atoms with van der Waals surface area (Å²) in [6, 6.07) is 5.97. The molecule has 0 saturated heterocycles. The molecule has 0 aliphatic rings. The Morgan fingerprint density at radius 3 is 3.00 bits per heavy atom. The Morgan fingerprint density at radius 1 is 1.53 bits per heavy atom. The summed E-state index contributed by atoms with van der Waals surface area (Å²) in [6.07, 6.45) is -0.302. The molecule has 2 unspecified atom stereocenters. The van der Waals surface area contributed by atoms with E-state index in [4.69, 9.17) is 4.52 Å². The average molecular weight is 269 g/mol. The van der Waals surface area contributed by atoms with Gasteiger partial charge in [0.05, 0.1) is 16.7 Å². The first-order valence-corrected chi connectivity index (χ1v) is 7.39. The molecule has 0 radical (unpaired) electrons. The van der Waals surface area contributed by atoms with Gasteiger partial charge in [0.25, 0.3) is 0 Å². The highest BCUT2D eigenvalue weighted by Crippen LogP contribution is 2.27. The molecule has 0 amide bonds. The number of hydrogen-bond acceptors (Lipinski definition) is 5. The van der Waals surface area contributed by atoms with Gasteiger partial charge in [-0.1, -0.05) is 18.1 Å². The topological polar surface area (TPSA) is 46.3 Å². The van der Waals surface area contributed by atoms with Gasteiger partial charge in [-0.05, 0) is 18.4 Å². The monoisotopic (exact) mass is 269 g/mol. The Bertz CT molecular complexity index is 451. The molecular formula is C12H15NO2S2. The molecule has 0 aromatic carbocycles. The lowest BCUT2D eigenvalue weighted by Crippen LogP contribution is -2.15. The zero-order chi connectivity index (χ0) is 12.3. The summed E-state index contributed by atoms with van der Waals surface area (Å²) in [7, 11) is 0. The molecule has 0 aliphatic heterocycles. The van der Waals surface area contributed by atoms with Crippen molar-refractivity contribution in [1.29, 1.82) is 0 Å². The summed E-state index contributed by atoms with van der Waals surface area (Å²) in [5.74, 6) is 1.58. The van der Waals surface area contributed by atoms with Gasteiger partial charge in [-0.15, -0.1) is 23.1 Å². The first-order chi connectivity index (χ1) is 8.16. The molecule has 2 rings (SSSR count). The molecule has 2 aromatic heterocycles. The number of hydrogen-bond donors (Lipinski definition) is 1. The van der Waals surface area contributed by atoms with Crippen molar-refractivity contribution in [3.8, 4) is 10.6 Å². The van der Waals surface area contributed by atoms with E-state index in [0.29, 0.717) is 0 Å². The van der Waals surface area contributed by atoms with Crippen molar-refractivity contribution < 1.29 is 9.63 Å². The molecule has 0 saturated carbocycles. The number of nitrogens with zero attached hydrogens (tertiary/aromatic N) is 1. The molecule has 0 aliphatic carbocycles. The van der Waals surface area contributed by atoms with Gasteiger partial charge >= 0.3 is 0 Å². The van der Waals surface area contributed by atoms with Crippen LogP contribution in [0.2, 0.25) is 0 Å². The van der Waals surface area contributed by atoms with Crippen molar-refractivity contribution in [2.45, 2.75) is 31.0 Å². The van der Waals surface area contributed by atoms with Crippen molar-refractivity contribution in [1.82, 2.24) is 5.16 Å². The average Bonchev–Trinajstić information content (AvgIpc) is 2.95. The van der Waals surface area contributed by atoms with Crippen LogP contribution in [0.1, 0.15) is 19.5 Å². The summed E-state index contributed by atoms with van der Waals surface area (Å²) in [5, 5.41) is 15.6. The maximum atomic E-state index is 9.39. The predicted octanol–water partition coefficient (Wildman–Crippen LogP) is 3.41. The highest BCUT2D eigenvalue weighted by molar-refractivity contribution is 7.99. The number of aliphatic hydroxyl groups excluding tert-OH is 1. The fourth-order valence-electron chi connectivity index (χ4n) is 1.27. The molecule has 5 heteroatoms. The Labute approximate surface area is 109 Å². The van der Waals surface area contributed by atoms with Crippen LogP contribution in [0, 0.1) is 0 Å². The zero-order valence-electron chi connectivity index (χ0n) is 9.79. The van der Waals surface area contributed by atoms with Crippen molar-refractivity contribution in [3.63, 3.8) is 0 Å². The van der Waals surface area contributed by atoms with E-state index < -0.39 is 0 Å². The van der Waals surface area contributed by atoms with Crippen molar-refractivity contribution >= 4 is 23.1 Å². The lowest BCUT2D eigenvalue weighted by molar-refractivity contribution is 0.196. The number of rotatable bonds is 5. The predicted molar refractivity (Wildman–Crippen MR) is 72.3 cm³/mol. The van der Waals surface area contributed by atoms with Gasteiger partial charge in [0, 0.05) is 17.1 Å². The van der Waals surface area contributed by atoms with Crippen molar-refractivity contribution in [2.75, 3.05) is 0 Å². The fraction of sp³-hybridized carbons (Fsp3) is 0.417. The second-order valence-corrected chi connectivity index (χ2v) is 6.23. The Hall–Kier alpha value is -0.780. The molecule has 2 heterocycles. The quantitative estimate of drug-likeness (QED) is 0.903. The molecule has 0 spiro atoms. The van der Waals surface area contributed by atoms with Crippen LogP contribution in [0.25, 0.3) is 10.6 Å². The first-order valence-electron chi connectivity index (χ1n) is 5.46. The minimum absolute atomic E-state index is 0.205. The van der Waals surface area contributed by atoms with Crippen LogP contribution in [-0.4, -0.2) is 21.6 Å². The van der Waals surface area contributed by atoms with Gasteiger partial charge in [-0.3, -0.25) is 0 Å². The van der Waals surface area contributed by atoms with E-state index in [1.54, 1.807) is 30.0 Å². The number of aromatic nitrogens is 1. The summed E-state index contributed by atoms with van der Waals surface area (Å²) < 4.78 is 5.29. The minimum atomic E-state index is -0.302. The Balaban J connectivity index is 1.95. The van der Waals surface area contributed by atoms with Crippen LogP contribution in [0.3, 0.4) is 0 Å². The highest BCUT2D eigenvalue weighted by atomic mass is 32.2. The van der Waals surface area contributed by atoms with Crippen LogP contribution < -0.4 is 0 Å². The second-order valence-electron chi connectivity index (χ2n) is 3.92. The summed E-state index contributed by atoms with van der Waals surface area (Å²) >= 11 is 3.32. The van der Waals surface area contributed by atoms with Crippen molar-refractivity contribution in [2.24, 2.45) is 0 Å². The molecule has 1 N–H and O–H groups in total. The molecular weight excluding hydrogens is 254 g/mol. The molecule has 17 heavy (non-hydrogen) atoms. The minimum Gasteiger partial charge on any atom is -0.392 e. The van der Waals surface area contributed by atoms with E-state index in [2.05, 4.69) is 5.16 Å². The number of thiophene rings is 1. The fourth-order valence-corrected chi connectivity index (χ4v) is 2.79. The Kier molecular flexibility index (Phi) is 4.25. The lowest BCUT2D eigenvalue weighted by atomic mass is 10.3. The van der Waals surface area contributed by atoms with Crippen LogP contribution >= 0.6 is 23.1 Å². The largest absolute Gasteiger partial charge is 0.392 e. The normalized spacial score (nSPS) is 14.8. The van der Waals surface area contributed by atoms with E-state index in [1.807, 2.05) is 30.5 Å². The zero-order valence-corrected chi connectivity index (χ0v) is 11.4. The summed E-state index contributed by atoms with van der Waals surface area (Å²) in [4.78, 5) is 1.09. The van der Waals surface area contributed by atoms with Crippen LogP contribution in [0.4, 0.5) is 0 Å². The maximum absolute atomic E-state index is 9.39. The van der Waals surface area contributed by atoms with Gasteiger partial charge in [-0.25, -0.2) is 0 Å². The molecule has 92 valence electrons. The highest BCUT2D eigenvalue weighted by Gasteiger charge is 2.12. The van der Waals surface area contributed by atoms with E-state index in [9.17, 15) is 5.11 Å². The van der Waals surface area contributed by atoms with Gasteiger partial charge in [0.15, 0.2) is 5.76 Å². The number of aliphatic hydroxyl groups is 1. The lowest BCUT2D eigenvalue weighted by Gasteiger charge is -2.12. The van der Waals surface area contributed by atoms with Crippen molar-refractivity contribution in [3.05, 3.63) is 29.3 Å². The third kappa shape index (κ3) is 3.34. The van der Waals surface area contributed by atoms with E-state index in [0.717, 1.165) is 22.1 Å². The van der Waals surface area contributed by atoms with Crippen LogP contribution in [0.5, 0.6) is 0 Å². The van der Waals surface area contributed by atoms with E-state index in [-0.39, 0.29) is 11.4 Å². The van der Waals surface area contributed by atoms with Crippen LogP contribution in [0.15, 0.2) is 28.1 Å². The van der Waals surface area contributed by atoms with Crippen LogP contribution in [-0.2, 0) is 5.75 Å². The molecule has 3 nitrogen and oxygen atoms in total. The summed E-state index contributed by atoms with van der Waals surface area (Å²) in [6.45, 7) is 3.81. The van der Waals surface area contributed by atoms with E-state index >= 15 is 0 Å². The van der Waals surface area contributed by atoms with Gasteiger partial charge < -0.3 is 9.63 Å². The molecule has 2 atom stereocenters. The Morgan fingerprint density at radius 2 is 2.35 bits per heavy atom. The standard InChI is InChI=1S/C12H15NO2S2/c1-8(14)9(2)17-7-10-6-11(15-13-10)12-4-3-5-16-12/h3-6,8-9,14H,7H2,1-2H3. The van der Waals surface area contributed by atoms with Gasteiger partial charge in [-0.2, -0.15) is 0 Å². The number of thioether (sulfide) groups is 1. The maximum Gasteiger partial charge on any atom is 0.177 e.